The summed E-state index contributed by atoms with van der Waals surface area (Å²) >= 11 is 0. The largest absolute Gasteiger partial charge is 0.459 e. The van der Waals surface area contributed by atoms with Crippen LogP contribution in [0.4, 0.5) is 5.69 Å². The van der Waals surface area contributed by atoms with E-state index in [1.165, 1.54) is 0 Å². The normalized spacial score (nSPS) is 11.0. The first-order valence-electron chi connectivity index (χ1n) is 8.75. The van der Waals surface area contributed by atoms with Gasteiger partial charge in [0.15, 0.2) is 5.76 Å². The Labute approximate surface area is 161 Å². The van der Waals surface area contributed by atoms with Crippen LogP contribution in [0.25, 0.3) is 29.2 Å². The van der Waals surface area contributed by atoms with Gasteiger partial charge in [0.25, 0.3) is 11.8 Å². The van der Waals surface area contributed by atoms with E-state index in [1.807, 2.05) is 49.4 Å². The first kappa shape index (κ1) is 17.5. The zero-order chi connectivity index (χ0) is 19.3. The molecule has 2 aromatic carbocycles. The van der Waals surface area contributed by atoms with Gasteiger partial charge in [0.2, 0.25) is 5.89 Å². The van der Waals surface area contributed by atoms with Crippen LogP contribution in [0.3, 0.4) is 0 Å². The highest BCUT2D eigenvalue weighted by Gasteiger charge is 2.13. The summed E-state index contributed by atoms with van der Waals surface area (Å²) in [7, 11) is 0. The molecule has 0 bridgehead atoms. The lowest BCUT2D eigenvalue weighted by molar-refractivity contribution is 0.102. The lowest BCUT2D eigenvalue weighted by Gasteiger charge is -2.07. The van der Waals surface area contributed by atoms with E-state index >= 15 is 0 Å². The van der Waals surface area contributed by atoms with Crippen molar-refractivity contribution in [1.29, 1.82) is 0 Å². The number of carbonyl (C=O) groups is 1. The third kappa shape index (κ3) is 3.76. The van der Waals surface area contributed by atoms with Crippen molar-refractivity contribution in [3.05, 3.63) is 84.1 Å². The molecule has 2 heterocycles. The molecule has 0 saturated heterocycles. The number of carbonyl (C=O) groups excluding carboxylic acids is 1. The second-order valence-corrected chi connectivity index (χ2v) is 6.05. The molecule has 1 N–H and O–H groups in total. The average molecular weight is 371 g/mol. The molecule has 0 fully saturated rings. The molecule has 6 heteroatoms. The molecule has 0 aliphatic heterocycles. The third-order valence-corrected chi connectivity index (χ3v) is 4.03. The Morgan fingerprint density at radius 3 is 2.68 bits per heavy atom. The molecule has 4 rings (SSSR count). The van der Waals surface area contributed by atoms with Crippen molar-refractivity contribution in [2.75, 3.05) is 5.32 Å². The van der Waals surface area contributed by atoms with Crippen molar-refractivity contribution >= 4 is 17.7 Å². The monoisotopic (exact) mass is 371 g/mol. The SMILES string of the molecule is C/C=C\c1cccc(C(=O)Nc2cccc(-c3nnc(-c4ccco4)o3)c2)c1. The second kappa shape index (κ2) is 7.75. The van der Waals surface area contributed by atoms with Crippen molar-refractivity contribution in [3.8, 4) is 23.1 Å². The molecule has 138 valence electrons. The fraction of sp³-hybridized carbons (Fsp3) is 0.0455. The van der Waals surface area contributed by atoms with Gasteiger partial charge in [-0.15, -0.1) is 10.2 Å². The molecule has 0 atom stereocenters. The van der Waals surface area contributed by atoms with Gasteiger partial charge in [-0.2, -0.15) is 0 Å². The summed E-state index contributed by atoms with van der Waals surface area (Å²) in [6.07, 6.45) is 5.42. The summed E-state index contributed by atoms with van der Waals surface area (Å²) in [4.78, 5) is 12.6. The molecule has 1 amide bonds. The molecule has 0 aliphatic carbocycles. The second-order valence-electron chi connectivity index (χ2n) is 6.05. The minimum atomic E-state index is -0.190. The Kier molecular flexibility index (Phi) is 4.84. The van der Waals surface area contributed by atoms with Gasteiger partial charge < -0.3 is 14.2 Å². The number of allylic oxidation sites excluding steroid dienone is 1. The maximum Gasteiger partial charge on any atom is 0.283 e. The van der Waals surface area contributed by atoms with Gasteiger partial charge in [0.05, 0.1) is 6.26 Å². The van der Waals surface area contributed by atoms with Crippen LogP contribution >= 0.6 is 0 Å². The Hall–Kier alpha value is -3.93. The van der Waals surface area contributed by atoms with Gasteiger partial charge in [0.1, 0.15) is 0 Å². The number of hydrogen-bond acceptors (Lipinski definition) is 5. The van der Waals surface area contributed by atoms with E-state index in [0.717, 1.165) is 5.56 Å². The highest BCUT2D eigenvalue weighted by atomic mass is 16.4. The summed E-state index contributed by atoms with van der Waals surface area (Å²) in [5.74, 6) is 0.960. The standard InChI is InChI=1S/C22H17N3O3/c1-2-6-15-7-3-8-16(13-15)20(26)23-18-10-4-9-17(14-18)21-24-25-22(28-21)19-11-5-12-27-19/h2-14H,1H3,(H,23,26)/b6-2-. The Morgan fingerprint density at radius 2 is 1.86 bits per heavy atom. The summed E-state index contributed by atoms with van der Waals surface area (Å²) in [5, 5.41) is 11.0. The van der Waals surface area contributed by atoms with Crippen LogP contribution in [0.5, 0.6) is 0 Å². The molecule has 6 nitrogen and oxygen atoms in total. The molecule has 0 saturated carbocycles. The quantitative estimate of drug-likeness (QED) is 0.516. The minimum Gasteiger partial charge on any atom is -0.459 e. The highest BCUT2D eigenvalue weighted by molar-refractivity contribution is 6.04. The topological polar surface area (TPSA) is 81.2 Å². The van der Waals surface area contributed by atoms with Crippen molar-refractivity contribution < 1.29 is 13.6 Å². The summed E-state index contributed by atoms with van der Waals surface area (Å²) < 4.78 is 10.9. The van der Waals surface area contributed by atoms with E-state index in [4.69, 9.17) is 8.83 Å². The Morgan fingerprint density at radius 1 is 1.00 bits per heavy atom. The maximum absolute atomic E-state index is 12.6. The molecular weight excluding hydrogens is 354 g/mol. The van der Waals surface area contributed by atoms with E-state index in [2.05, 4.69) is 15.5 Å². The van der Waals surface area contributed by atoms with E-state index < -0.39 is 0 Å². The van der Waals surface area contributed by atoms with Gasteiger partial charge in [-0.25, -0.2) is 0 Å². The van der Waals surface area contributed by atoms with E-state index in [9.17, 15) is 4.79 Å². The fourth-order valence-electron chi connectivity index (χ4n) is 2.75. The predicted octanol–water partition coefficient (Wildman–Crippen LogP) is 5.28. The molecule has 0 spiro atoms. The molecule has 4 aromatic rings. The Bertz CT molecular complexity index is 1130. The van der Waals surface area contributed by atoms with E-state index in [1.54, 1.807) is 36.6 Å². The third-order valence-electron chi connectivity index (χ3n) is 4.03. The van der Waals surface area contributed by atoms with Crippen LogP contribution in [0.1, 0.15) is 22.8 Å². The van der Waals surface area contributed by atoms with E-state index in [-0.39, 0.29) is 5.91 Å². The van der Waals surface area contributed by atoms with Gasteiger partial charge in [-0.3, -0.25) is 4.79 Å². The molecule has 0 unspecified atom stereocenters. The molecule has 28 heavy (non-hydrogen) atoms. The van der Waals surface area contributed by atoms with Crippen LogP contribution in [0.2, 0.25) is 0 Å². The first-order valence-corrected chi connectivity index (χ1v) is 8.75. The zero-order valence-electron chi connectivity index (χ0n) is 15.1. The molecular formula is C22H17N3O3. The number of aromatic nitrogens is 2. The first-order chi connectivity index (χ1) is 13.7. The summed E-state index contributed by atoms with van der Waals surface area (Å²) in [6, 6.07) is 18.2. The predicted molar refractivity (Wildman–Crippen MR) is 107 cm³/mol. The number of anilines is 1. The number of nitrogens with one attached hydrogen (secondary N) is 1. The van der Waals surface area contributed by atoms with Crippen molar-refractivity contribution in [2.45, 2.75) is 6.92 Å². The summed E-state index contributed by atoms with van der Waals surface area (Å²) in [5.41, 5.74) is 2.89. The molecule has 0 aliphatic rings. The number of nitrogens with zero attached hydrogens (tertiary/aromatic N) is 2. The number of hydrogen-bond donors (Lipinski definition) is 1. The van der Waals surface area contributed by atoms with Crippen LogP contribution in [-0.4, -0.2) is 16.1 Å². The number of rotatable bonds is 5. The molecule has 0 radical (unpaired) electrons. The van der Waals surface area contributed by atoms with Crippen molar-refractivity contribution in [1.82, 2.24) is 10.2 Å². The molecule has 2 aromatic heterocycles. The van der Waals surface area contributed by atoms with E-state index in [0.29, 0.717) is 34.4 Å². The van der Waals surface area contributed by atoms with Gasteiger partial charge in [-0.05, 0) is 55.0 Å². The lowest BCUT2D eigenvalue weighted by atomic mass is 10.1. The highest BCUT2D eigenvalue weighted by Crippen LogP contribution is 2.26. The van der Waals surface area contributed by atoms with Crippen molar-refractivity contribution in [2.24, 2.45) is 0 Å². The smallest absolute Gasteiger partial charge is 0.283 e. The van der Waals surface area contributed by atoms with Gasteiger partial charge >= 0.3 is 0 Å². The number of benzene rings is 2. The fourth-order valence-corrected chi connectivity index (χ4v) is 2.75. The van der Waals surface area contributed by atoms with Crippen LogP contribution < -0.4 is 5.32 Å². The van der Waals surface area contributed by atoms with Crippen LogP contribution in [0, 0.1) is 0 Å². The maximum atomic E-state index is 12.6. The number of furan rings is 1. The lowest BCUT2D eigenvalue weighted by Crippen LogP contribution is -2.11. The minimum absolute atomic E-state index is 0.190. The summed E-state index contributed by atoms with van der Waals surface area (Å²) in [6.45, 7) is 1.94. The average Bonchev–Trinajstić information content (AvgIpc) is 3.40. The van der Waals surface area contributed by atoms with Gasteiger partial charge in [0, 0.05) is 16.8 Å². The Balaban J connectivity index is 1.54. The van der Waals surface area contributed by atoms with Crippen LogP contribution in [-0.2, 0) is 0 Å². The van der Waals surface area contributed by atoms with Crippen LogP contribution in [0.15, 0.2) is 81.8 Å². The van der Waals surface area contributed by atoms with Crippen molar-refractivity contribution in [3.63, 3.8) is 0 Å². The van der Waals surface area contributed by atoms with Gasteiger partial charge in [-0.1, -0.05) is 30.4 Å². The number of amides is 1. The zero-order valence-corrected chi connectivity index (χ0v) is 15.1.